The molecule has 0 saturated heterocycles. The van der Waals surface area contributed by atoms with Gasteiger partial charge in [0, 0.05) is 31.5 Å². The second kappa shape index (κ2) is 11.5. The maximum absolute atomic E-state index is 14.8. The lowest BCUT2D eigenvalue weighted by atomic mass is 9.74. The minimum atomic E-state index is -0.896. The van der Waals surface area contributed by atoms with E-state index in [1.54, 1.807) is 12.3 Å². The summed E-state index contributed by atoms with van der Waals surface area (Å²) >= 11 is 0.800. The van der Waals surface area contributed by atoms with Crippen LogP contribution in [0, 0.1) is 17.6 Å². The van der Waals surface area contributed by atoms with E-state index in [2.05, 4.69) is 15.3 Å². The number of nitrogens with zero attached hydrogens (tertiary/aromatic N) is 2. The first kappa shape index (κ1) is 26.9. The minimum absolute atomic E-state index is 0.00264. The lowest BCUT2D eigenvalue weighted by molar-refractivity contribution is 0.0521. The molecule has 6 N–H and O–H groups in total. The highest BCUT2D eigenvalue weighted by Gasteiger charge is 2.34. The maximum atomic E-state index is 14.8. The van der Waals surface area contributed by atoms with Crippen LogP contribution < -0.4 is 21.5 Å². The molecule has 0 bridgehead atoms. The van der Waals surface area contributed by atoms with Crippen LogP contribution in [0.1, 0.15) is 41.7 Å². The van der Waals surface area contributed by atoms with Crippen LogP contribution in [-0.4, -0.2) is 53.5 Å². The summed E-state index contributed by atoms with van der Waals surface area (Å²) in [5.41, 5.74) is 12.9. The third kappa shape index (κ3) is 5.87. The highest BCUT2D eigenvalue weighted by molar-refractivity contribution is 7.19. The Balaban J connectivity index is 1.56. The van der Waals surface area contributed by atoms with Crippen LogP contribution in [-0.2, 0) is 4.74 Å². The zero-order chi connectivity index (χ0) is 26.7. The minimum Gasteiger partial charge on any atom is -0.491 e. The zero-order valence-corrected chi connectivity index (χ0v) is 21.2. The summed E-state index contributed by atoms with van der Waals surface area (Å²) in [6.07, 6.45) is 3.78. The first-order valence-corrected chi connectivity index (χ1v) is 12.6. The van der Waals surface area contributed by atoms with Gasteiger partial charge in [0.25, 0.3) is 5.91 Å². The molecule has 0 radical (unpaired) electrons. The Morgan fingerprint density at radius 3 is 2.68 bits per heavy atom. The van der Waals surface area contributed by atoms with Gasteiger partial charge < -0.3 is 31.4 Å². The number of anilines is 2. The maximum Gasteiger partial charge on any atom is 0.277 e. The van der Waals surface area contributed by atoms with Crippen molar-refractivity contribution in [2.24, 2.45) is 11.7 Å². The number of nitrogens with one attached hydrogen (secondary N) is 1. The van der Waals surface area contributed by atoms with Crippen molar-refractivity contribution < 1.29 is 28.2 Å². The molecule has 9 nitrogen and oxygen atoms in total. The fraction of sp³-hybridized carbons (Fsp3) is 0.400. The van der Waals surface area contributed by atoms with E-state index in [4.69, 9.17) is 20.9 Å². The molecule has 0 aliphatic heterocycles. The number of nitrogen functional groups attached to an aromatic ring is 1. The molecule has 4 rings (SSSR count). The first-order valence-electron chi connectivity index (χ1n) is 11.8. The summed E-state index contributed by atoms with van der Waals surface area (Å²) in [6.45, 7) is 2.33. The molecule has 0 unspecified atom stereocenters. The predicted molar refractivity (Wildman–Crippen MR) is 137 cm³/mol. The number of aliphatic hydroxyl groups is 1. The van der Waals surface area contributed by atoms with Crippen LogP contribution >= 0.6 is 11.3 Å². The van der Waals surface area contributed by atoms with Gasteiger partial charge in [-0.25, -0.2) is 13.8 Å². The average molecular weight is 534 g/mol. The van der Waals surface area contributed by atoms with E-state index >= 15 is 0 Å². The number of benzene rings is 1. The summed E-state index contributed by atoms with van der Waals surface area (Å²) in [5.74, 6) is -2.43. The summed E-state index contributed by atoms with van der Waals surface area (Å²) in [6, 6.07) is 3.50. The van der Waals surface area contributed by atoms with Gasteiger partial charge in [-0.1, -0.05) is 18.3 Å². The van der Waals surface area contributed by atoms with Gasteiger partial charge in [-0.05, 0) is 36.3 Å². The Labute approximate surface area is 216 Å². The zero-order valence-electron chi connectivity index (χ0n) is 20.4. The monoisotopic (exact) mass is 533 g/mol. The Kier molecular flexibility index (Phi) is 8.32. The predicted octanol–water partition coefficient (Wildman–Crippen LogP) is 3.54. The van der Waals surface area contributed by atoms with E-state index in [0.717, 1.165) is 29.0 Å². The number of hydrogen-bond acceptors (Lipinski definition) is 9. The molecule has 0 spiro atoms. The standard InChI is InChI=1S/C25H29F2N5O4S/c1-12-7-13(8-18(28)22(12)33)15-3-4-30-11-19(15)31-24(34)21-23(29)37-25(32-21)20-16(26)9-14(10-17(20)27)36-6-5-35-2/h3-4,9-13,18,22,33H,5-8,28-29H2,1-2H3,(H,31,34)/t12-,13+,18+,22+/m0/s1. The summed E-state index contributed by atoms with van der Waals surface area (Å²) in [5, 5.41) is 12.9. The molecular formula is C25H29F2N5O4S. The Bertz CT molecular complexity index is 1240. The van der Waals surface area contributed by atoms with Gasteiger partial charge in [-0.2, -0.15) is 0 Å². The molecule has 37 heavy (non-hydrogen) atoms. The number of pyridine rings is 1. The van der Waals surface area contributed by atoms with E-state index in [9.17, 15) is 18.7 Å². The molecule has 1 saturated carbocycles. The number of hydrogen-bond donors (Lipinski definition) is 4. The topological polar surface area (TPSA) is 146 Å². The summed E-state index contributed by atoms with van der Waals surface area (Å²) < 4.78 is 39.7. The van der Waals surface area contributed by atoms with E-state index in [0.29, 0.717) is 18.5 Å². The number of aromatic nitrogens is 2. The summed E-state index contributed by atoms with van der Waals surface area (Å²) in [4.78, 5) is 21.4. The molecule has 1 aromatic carbocycles. The van der Waals surface area contributed by atoms with Crippen molar-refractivity contribution in [3.05, 3.63) is 53.5 Å². The molecule has 1 aliphatic rings. The third-order valence-corrected chi connectivity index (χ3v) is 7.33. The van der Waals surface area contributed by atoms with Crippen LogP contribution in [0.25, 0.3) is 10.6 Å². The van der Waals surface area contributed by atoms with Crippen molar-refractivity contribution in [2.45, 2.75) is 37.8 Å². The highest BCUT2D eigenvalue weighted by atomic mass is 32.1. The van der Waals surface area contributed by atoms with Crippen LogP contribution in [0.3, 0.4) is 0 Å². The molecule has 1 amide bonds. The Morgan fingerprint density at radius 1 is 1.27 bits per heavy atom. The van der Waals surface area contributed by atoms with Crippen molar-refractivity contribution in [1.82, 2.24) is 9.97 Å². The second-order valence-electron chi connectivity index (χ2n) is 9.05. The van der Waals surface area contributed by atoms with Crippen molar-refractivity contribution in [2.75, 3.05) is 31.4 Å². The largest absolute Gasteiger partial charge is 0.491 e. The van der Waals surface area contributed by atoms with Gasteiger partial charge in [0.1, 0.15) is 34.0 Å². The molecule has 2 aromatic heterocycles. The molecular weight excluding hydrogens is 504 g/mol. The Morgan fingerprint density at radius 2 is 2.00 bits per heavy atom. The first-order chi connectivity index (χ1) is 17.7. The lowest BCUT2D eigenvalue weighted by Gasteiger charge is -2.36. The van der Waals surface area contributed by atoms with Gasteiger partial charge in [0.05, 0.1) is 30.2 Å². The number of nitrogens with two attached hydrogens (primary N) is 2. The van der Waals surface area contributed by atoms with Crippen LogP contribution in [0.4, 0.5) is 19.5 Å². The van der Waals surface area contributed by atoms with Gasteiger partial charge in [-0.15, -0.1) is 0 Å². The van der Waals surface area contributed by atoms with Crippen molar-refractivity contribution in [1.29, 1.82) is 0 Å². The SMILES string of the molecule is COCCOc1cc(F)c(-c2nc(C(=O)Nc3cnccc3[C@H]3C[C@@H](N)[C@H](O)[C@@H](C)C3)c(N)s2)c(F)c1. The van der Waals surface area contributed by atoms with Crippen molar-refractivity contribution >= 4 is 27.9 Å². The molecule has 4 atom stereocenters. The number of halogens is 2. The number of carbonyl (C=O) groups is 1. The van der Waals surface area contributed by atoms with Gasteiger partial charge >= 0.3 is 0 Å². The number of carbonyl (C=O) groups excluding carboxylic acids is 1. The lowest BCUT2D eigenvalue weighted by Crippen LogP contribution is -2.44. The normalized spacial score (nSPS) is 21.6. The number of aliphatic hydroxyl groups excluding tert-OH is 1. The molecule has 198 valence electrons. The fourth-order valence-corrected chi connectivity index (χ4v) is 5.43. The van der Waals surface area contributed by atoms with Crippen LogP contribution in [0.5, 0.6) is 5.75 Å². The number of amides is 1. The quantitative estimate of drug-likeness (QED) is 0.322. The van der Waals surface area contributed by atoms with Gasteiger partial charge in [0.2, 0.25) is 0 Å². The number of thiazole rings is 1. The van der Waals surface area contributed by atoms with E-state index in [1.807, 2.05) is 6.92 Å². The molecule has 2 heterocycles. The fourth-order valence-electron chi connectivity index (χ4n) is 4.56. The van der Waals surface area contributed by atoms with E-state index < -0.39 is 29.2 Å². The van der Waals surface area contributed by atoms with Gasteiger partial charge in [0.15, 0.2) is 5.69 Å². The van der Waals surface area contributed by atoms with Crippen molar-refractivity contribution in [3.63, 3.8) is 0 Å². The second-order valence-corrected chi connectivity index (χ2v) is 10.1. The molecule has 1 fully saturated rings. The summed E-state index contributed by atoms with van der Waals surface area (Å²) in [7, 11) is 1.49. The number of ether oxygens (including phenoxy) is 2. The Hall–Kier alpha value is -3.19. The molecule has 3 aromatic rings. The number of methoxy groups -OCH3 is 1. The van der Waals surface area contributed by atoms with Gasteiger partial charge in [-0.3, -0.25) is 9.78 Å². The van der Waals surface area contributed by atoms with Crippen molar-refractivity contribution in [3.8, 4) is 16.3 Å². The molecule has 1 aliphatic carbocycles. The van der Waals surface area contributed by atoms with E-state index in [-0.39, 0.29) is 52.5 Å². The number of rotatable bonds is 8. The molecule has 12 heteroatoms. The van der Waals surface area contributed by atoms with E-state index in [1.165, 1.54) is 13.3 Å². The third-order valence-electron chi connectivity index (χ3n) is 6.43. The average Bonchev–Trinajstić information content (AvgIpc) is 3.23. The highest BCUT2D eigenvalue weighted by Crippen LogP contribution is 2.39. The smallest absolute Gasteiger partial charge is 0.277 e. The van der Waals surface area contributed by atoms with Crippen LogP contribution in [0.2, 0.25) is 0 Å². The van der Waals surface area contributed by atoms with Crippen LogP contribution in [0.15, 0.2) is 30.6 Å².